The monoisotopic (exact) mass is 447 g/mol. The lowest BCUT2D eigenvalue weighted by atomic mass is 10.2. The van der Waals surface area contributed by atoms with Crippen LogP contribution >= 0.6 is 11.3 Å². The van der Waals surface area contributed by atoms with Gasteiger partial charge in [0.15, 0.2) is 0 Å². The standard InChI is InChI=1S/C24H21N3O4S/c1-15-21(16(2)31-27-15)14-30-20-9-3-6-17(12-20)23(28)25-18-7-4-8-19(13-18)26-24(29)22-10-5-11-32-22/h3-13H,14H2,1-2H3,(H,25,28)(H,26,29). The highest BCUT2D eigenvalue weighted by Gasteiger charge is 2.12. The van der Waals surface area contributed by atoms with Gasteiger partial charge in [-0.2, -0.15) is 0 Å². The number of carbonyl (C=O) groups excluding carboxylic acids is 2. The van der Waals surface area contributed by atoms with Crippen molar-refractivity contribution in [3.05, 3.63) is 93.5 Å². The van der Waals surface area contributed by atoms with E-state index >= 15 is 0 Å². The van der Waals surface area contributed by atoms with E-state index in [1.54, 1.807) is 54.6 Å². The van der Waals surface area contributed by atoms with E-state index in [9.17, 15) is 9.59 Å². The van der Waals surface area contributed by atoms with E-state index in [2.05, 4.69) is 15.8 Å². The van der Waals surface area contributed by atoms with Crippen molar-refractivity contribution in [2.75, 3.05) is 10.6 Å². The second-order valence-electron chi connectivity index (χ2n) is 7.09. The summed E-state index contributed by atoms with van der Waals surface area (Å²) in [5.41, 5.74) is 3.29. The number of anilines is 2. The summed E-state index contributed by atoms with van der Waals surface area (Å²) in [5.74, 6) is 0.804. The largest absolute Gasteiger partial charge is 0.489 e. The molecule has 0 aliphatic carbocycles. The molecule has 2 aromatic heterocycles. The molecule has 2 aromatic carbocycles. The van der Waals surface area contributed by atoms with E-state index in [0.29, 0.717) is 39.9 Å². The van der Waals surface area contributed by atoms with Crippen molar-refractivity contribution in [1.29, 1.82) is 0 Å². The first-order valence-electron chi connectivity index (χ1n) is 9.90. The van der Waals surface area contributed by atoms with Crippen LogP contribution in [0.25, 0.3) is 0 Å². The Hall–Kier alpha value is -3.91. The summed E-state index contributed by atoms with van der Waals surface area (Å²) in [6.07, 6.45) is 0. The predicted octanol–water partition coefficient (Wildman–Crippen LogP) is 5.44. The molecule has 0 aliphatic rings. The topological polar surface area (TPSA) is 93.5 Å². The summed E-state index contributed by atoms with van der Waals surface area (Å²) in [6.45, 7) is 3.99. The van der Waals surface area contributed by atoms with E-state index < -0.39 is 0 Å². The maximum atomic E-state index is 12.8. The molecule has 0 radical (unpaired) electrons. The van der Waals surface area contributed by atoms with Crippen LogP contribution in [-0.4, -0.2) is 17.0 Å². The average Bonchev–Trinajstić information content (AvgIpc) is 3.43. The molecule has 0 saturated carbocycles. The second kappa shape index (κ2) is 9.49. The van der Waals surface area contributed by atoms with E-state index in [1.807, 2.05) is 25.3 Å². The number of nitrogens with one attached hydrogen (secondary N) is 2. The normalized spacial score (nSPS) is 10.6. The van der Waals surface area contributed by atoms with Crippen LogP contribution in [0.3, 0.4) is 0 Å². The van der Waals surface area contributed by atoms with Gasteiger partial charge in [-0.15, -0.1) is 11.3 Å². The molecule has 2 amide bonds. The highest BCUT2D eigenvalue weighted by atomic mass is 32.1. The van der Waals surface area contributed by atoms with Crippen LogP contribution in [0.5, 0.6) is 5.75 Å². The zero-order valence-electron chi connectivity index (χ0n) is 17.5. The Labute approximate surface area is 189 Å². The number of carbonyl (C=O) groups is 2. The summed E-state index contributed by atoms with van der Waals surface area (Å²) >= 11 is 1.37. The number of thiophene rings is 1. The predicted molar refractivity (Wildman–Crippen MR) is 123 cm³/mol. The van der Waals surface area contributed by atoms with Gasteiger partial charge < -0.3 is 19.9 Å². The molecule has 0 atom stereocenters. The number of hydrogen-bond acceptors (Lipinski definition) is 6. The molecule has 2 heterocycles. The highest BCUT2D eigenvalue weighted by molar-refractivity contribution is 7.12. The van der Waals surface area contributed by atoms with Gasteiger partial charge in [-0.3, -0.25) is 9.59 Å². The molecule has 32 heavy (non-hydrogen) atoms. The Morgan fingerprint density at radius 1 is 0.969 bits per heavy atom. The first-order chi connectivity index (χ1) is 15.5. The van der Waals surface area contributed by atoms with Gasteiger partial charge in [0.05, 0.1) is 16.1 Å². The van der Waals surface area contributed by atoms with Crippen LogP contribution in [0.4, 0.5) is 11.4 Å². The van der Waals surface area contributed by atoms with Crippen LogP contribution in [0, 0.1) is 13.8 Å². The van der Waals surface area contributed by atoms with E-state index in [0.717, 1.165) is 11.3 Å². The number of hydrogen-bond donors (Lipinski definition) is 2. The number of ether oxygens (including phenoxy) is 1. The minimum atomic E-state index is -0.283. The van der Waals surface area contributed by atoms with Gasteiger partial charge in [0.2, 0.25) is 0 Å². The second-order valence-corrected chi connectivity index (χ2v) is 8.03. The van der Waals surface area contributed by atoms with Gasteiger partial charge >= 0.3 is 0 Å². The summed E-state index contributed by atoms with van der Waals surface area (Å²) in [6, 6.07) is 17.5. The van der Waals surface area contributed by atoms with Crippen molar-refractivity contribution in [3.63, 3.8) is 0 Å². The molecule has 162 valence electrons. The highest BCUT2D eigenvalue weighted by Crippen LogP contribution is 2.21. The number of amides is 2. The fraction of sp³-hybridized carbons (Fsp3) is 0.125. The molecule has 0 unspecified atom stereocenters. The minimum absolute atomic E-state index is 0.188. The van der Waals surface area contributed by atoms with Crippen molar-refractivity contribution in [2.45, 2.75) is 20.5 Å². The van der Waals surface area contributed by atoms with Gasteiger partial charge in [-0.1, -0.05) is 23.4 Å². The van der Waals surface area contributed by atoms with Crippen molar-refractivity contribution in [2.24, 2.45) is 0 Å². The lowest BCUT2D eigenvalue weighted by Gasteiger charge is -2.10. The molecule has 8 heteroatoms. The zero-order chi connectivity index (χ0) is 22.5. The summed E-state index contributed by atoms with van der Waals surface area (Å²) in [7, 11) is 0. The number of rotatable bonds is 7. The van der Waals surface area contributed by atoms with Crippen LogP contribution in [-0.2, 0) is 6.61 Å². The first kappa shape index (κ1) is 21.3. The van der Waals surface area contributed by atoms with Crippen LogP contribution in [0.1, 0.15) is 37.0 Å². The third kappa shape index (κ3) is 5.04. The van der Waals surface area contributed by atoms with Crippen LogP contribution in [0.15, 0.2) is 70.6 Å². The van der Waals surface area contributed by atoms with Crippen molar-refractivity contribution in [3.8, 4) is 5.75 Å². The summed E-state index contributed by atoms with van der Waals surface area (Å²) < 4.78 is 11.0. The lowest BCUT2D eigenvalue weighted by molar-refractivity contribution is 0.102. The van der Waals surface area contributed by atoms with Gasteiger partial charge in [0.1, 0.15) is 18.1 Å². The molecule has 0 aliphatic heterocycles. The molecule has 7 nitrogen and oxygen atoms in total. The number of nitrogens with zero attached hydrogens (tertiary/aromatic N) is 1. The maximum Gasteiger partial charge on any atom is 0.265 e. The molecular formula is C24H21N3O4S. The Bertz CT molecular complexity index is 1230. The van der Waals surface area contributed by atoms with Crippen molar-refractivity contribution in [1.82, 2.24) is 5.16 Å². The fourth-order valence-electron chi connectivity index (χ4n) is 3.07. The van der Waals surface area contributed by atoms with E-state index in [4.69, 9.17) is 9.26 Å². The van der Waals surface area contributed by atoms with E-state index in [1.165, 1.54) is 11.3 Å². The third-order valence-electron chi connectivity index (χ3n) is 4.78. The Morgan fingerprint density at radius 2 is 1.72 bits per heavy atom. The summed E-state index contributed by atoms with van der Waals surface area (Å²) in [4.78, 5) is 25.6. The SMILES string of the molecule is Cc1noc(C)c1COc1cccc(C(=O)Nc2cccc(NC(=O)c3cccs3)c2)c1. The molecule has 0 spiro atoms. The van der Waals surface area contributed by atoms with Crippen LogP contribution < -0.4 is 15.4 Å². The van der Waals surface area contributed by atoms with Crippen molar-refractivity contribution < 1.29 is 18.8 Å². The molecule has 4 rings (SSSR count). The molecule has 0 fully saturated rings. The third-order valence-corrected chi connectivity index (χ3v) is 5.65. The van der Waals surface area contributed by atoms with Gasteiger partial charge in [0.25, 0.3) is 11.8 Å². The van der Waals surface area contributed by atoms with Gasteiger partial charge in [-0.25, -0.2) is 0 Å². The minimum Gasteiger partial charge on any atom is -0.489 e. The van der Waals surface area contributed by atoms with Gasteiger partial charge in [0, 0.05) is 16.9 Å². The Balaban J connectivity index is 1.40. The molecular weight excluding hydrogens is 426 g/mol. The smallest absolute Gasteiger partial charge is 0.265 e. The fourth-order valence-corrected chi connectivity index (χ4v) is 3.69. The maximum absolute atomic E-state index is 12.8. The number of benzene rings is 2. The first-order valence-corrected chi connectivity index (χ1v) is 10.8. The molecule has 0 bridgehead atoms. The Kier molecular flexibility index (Phi) is 6.32. The number of aryl methyl sites for hydroxylation is 2. The average molecular weight is 448 g/mol. The quantitative estimate of drug-likeness (QED) is 0.394. The Morgan fingerprint density at radius 3 is 2.41 bits per heavy atom. The lowest BCUT2D eigenvalue weighted by Crippen LogP contribution is -2.13. The molecule has 4 aromatic rings. The van der Waals surface area contributed by atoms with Crippen LogP contribution in [0.2, 0.25) is 0 Å². The number of aromatic nitrogens is 1. The summed E-state index contributed by atoms with van der Waals surface area (Å²) in [5, 5.41) is 11.4. The van der Waals surface area contributed by atoms with Gasteiger partial charge in [-0.05, 0) is 61.7 Å². The molecule has 2 N–H and O–H groups in total. The van der Waals surface area contributed by atoms with E-state index in [-0.39, 0.29) is 11.8 Å². The molecule has 0 saturated heterocycles. The zero-order valence-corrected chi connectivity index (χ0v) is 18.4. The van der Waals surface area contributed by atoms with Crippen molar-refractivity contribution >= 4 is 34.5 Å².